The zero-order valence-corrected chi connectivity index (χ0v) is 11.6. The fourth-order valence-corrected chi connectivity index (χ4v) is 2.38. The fraction of sp³-hybridized carbons (Fsp3) is 0.500. The Balaban J connectivity index is 2.02. The van der Waals surface area contributed by atoms with Crippen LogP contribution in [0.1, 0.15) is 23.2 Å². The minimum atomic E-state index is -4.72. The molecule has 1 aliphatic rings. The molecular formula is C14H17F3N2O2. The number of hydrogen-bond donors (Lipinski definition) is 1. The number of rotatable bonds is 3. The van der Waals surface area contributed by atoms with Crippen molar-refractivity contribution in [3.05, 3.63) is 29.8 Å². The lowest BCUT2D eigenvalue weighted by atomic mass is 10.0. The molecule has 0 aromatic heterocycles. The van der Waals surface area contributed by atoms with Crippen LogP contribution in [0.3, 0.4) is 0 Å². The summed E-state index contributed by atoms with van der Waals surface area (Å²) in [7, 11) is 1.85. The molecule has 0 spiro atoms. The molecule has 1 atom stereocenters. The SMILES string of the molecule is CN[C@H]1CCCN(C(=O)c2ccc(OC(F)(F)F)cc2)C1. The molecule has 1 fully saturated rings. The maximum atomic E-state index is 12.3. The summed E-state index contributed by atoms with van der Waals surface area (Å²) in [5.41, 5.74) is 0.362. The van der Waals surface area contributed by atoms with Crippen molar-refractivity contribution in [2.75, 3.05) is 20.1 Å². The lowest BCUT2D eigenvalue weighted by Crippen LogP contribution is -2.46. The Bertz CT molecular complexity index is 488. The zero-order chi connectivity index (χ0) is 15.5. The van der Waals surface area contributed by atoms with Gasteiger partial charge in [0, 0.05) is 24.7 Å². The Hall–Kier alpha value is -1.76. The number of piperidine rings is 1. The van der Waals surface area contributed by atoms with Crippen LogP contribution in [-0.2, 0) is 0 Å². The molecule has 0 aliphatic carbocycles. The number of nitrogens with one attached hydrogen (secondary N) is 1. The van der Waals surface area contributed by atoms with E-state index in [1.807, 2.05) is 7.05 Å². The predicted octanol–water partition coefficient (Wildman–Crippen LogP) is 2.41. The van der Waals surface area contributed by atoms with Gasteiger partial charge in [0.1, 0.15) is 5.75 Å². The Kier molecular flexibility index (Phi) is 4.72. The Morgan fingerprint density at radius 1 is 1.33 bits per heavy atom. The number of hydrogen-bond acceptors (Lipinski definition) is 3. The number of benzene rings is 1. The minimum absolute atomic E-state index is 0.173. The molecule has 7 heteroatoms. The molecule has 0 unspecified atom stereocenters. The molecule has 1 N–H and O–H groups in total. The number of alkyl halides is 3. The number of amides is 1. The molecule has 2 rings (SSSR count). The quantitative estimate of drug-likeness (QED) is 0.932. The first-order chi connectivity index (χ1) is 9.89. The standard InChI is InChI=1S/C14H17F3N2O2/c1-18-11-3-2-8-19(9-11)13(20)10-4-6-12(7-5-10)21-14(15,16)17/h4-7,11,18H,2-3,8-9H2,1H3/t11-/m0/s1. The molecule has 0 saturated carbocycles. The van der Waals surface area contributed by atoms with Gasteiger partial charge >= 0.3 is 6.36 Å². The van der Waals surface area contributed by atoms with E-state index >= 15 is 0 Å². The highest BCUT2D eigenvalue weighted by molar-refractivity contribution is 5.94. The summed E-state index contributed by atoms with van der Waals surface area (Å²) in [5, 5.41) is 3.14. The third-order valence-corrected chi connectivity index (χ3v) is 3.45. The number of likely N-dealkylation sites (N-methyl/N-ethyl adjacent to an activating group) is 1. The van der Waals surface area contributed by atoms with E-state index in [0.29, 0.717) is 18.7 Å². The number of nitrogens with zero attached hydrogens (tertiary/aromatic N) is 1. The van der Waals surface area contributed by atoms with Crippen molar-refractivity contribution in [1.82, 2.24) is 10.2 Å². The monoisotopic (exact) mass is 302 g/mol. The molecule has 1 aliphatic heterocycles. The Morgan fingerprint density at radius 3 is 2.57 bits per heavy atom. The van der Waals surface area contributed by atoms with Crippen LogP contribution < -0.4 is 10.1 Å². The van der Waals surface area contributed by atoms with E-state index in [4.69, 9.17) is 0 Å². The fourth-order valence-electron chi connectivity index (χ4n) is 2.38. The van der Waals surface area contributed by atoms with Gasteiger partial charge in [0.2, 0.25) is 0 Å². The zero-order valence-electron chi connectivity index (χ0n) is 11.6. The highest BCUT2D eigenvalue weighted by Gasteiger charge is 2.31. The average Bonchev–Trinajstić information content (AvgIpc) is 2.46. The largest absolute Gasteiger partial charge is 0.573 e. The summed E-state index contributed by atoms with van der Waals surface area (Å²) in [6, 6.07) is 5.27. The molecule has 1 aromatic carbocycles. The van der Waals surface area contributed by atoms with Crippen LogP contribution in [0.25, 0.3) is 0 Å². The highest BCUT2D eigenvalue weighted by Crippen LogP contribution is 2.23. The molecule has 1 heterocycles. The van der Waals surface area contributed by atoms with Gasteiger partial charge < -0.3 is 15.0 Å². The predicted molar refractivity (Wildman–Crippen MR) is 71.1 cm³/mol. The van der Waals surface area contributed by atoms with E-state index < -0.39 is 6.36 Å². The van der Waals surface area contributed by atoms with E-state index in [-0.39, 0.29) is 17.7 Å². The van der Waals surface area contributed by atoms with Gasteiger partial charge in [-0.15, -0.1) is 13.2 Å². The van der Waals surface area contributed by atoms with Gasteiger partial charge in [-0.2, -0.15) is 0 Å². The minimum Gasteiger partial charge on any atom is -0.406 e. The van der Waals surface area contributed by atoms with Crippen molar-refractivity contribution >= 4 is 5.91 Å². The van der Waals surface area contributed by atoms with E-state index in [2.05, 4.69) is 10.1 Å². The van der Waals surface area contributed by atoms with E-state index in [0.717, 1.165) is 25.0 Å². The van der Waals surface area contributed by atoms with Gasteiger partial charge in [0.25, 0.3) is 5.91 Å². The first kappa shape index (κ1) is 15.6. The molecule has 4 nitrogen and oxygen atoms in total. The van der Waals surface area contributed by atoms with Crippen molar-refractivity contribution < 1.29 is 22.7 Å². The summed E-state index contributed by atoms with van der Waals surface area (Å²) >= 11 is 0. The van der Waals surface area contributed by atoms with Crippen molar-refractivity contribution in [2.24, 2.45) is 0 Å². The second kappa shape index (κ2) is 6.34. The summed E-state index contributed by atoms with van der Waals surface area (Å²) in [6.45, 7) is 1.27. The third-order valence-electron chi connectivity index (χ3n) is 3.45. The normalized spacial score (nSPS) is 19.4. The maximum Gasteiger partial charge on any atom is 0.573 e. The van der Waals surface area contributed by atoms with Crippen molar-refractivity contribution in [1.29, 1.82) is 0 Å². The second-order valence-corrected chi connectivity index (χ2v) is 4.95. The molecule has 1 saturated heterocycles. The molecule has 0 radical (unpaired) electrons. The lowest BCUT2D eigenvalue weighted by molar-refractivity contribution is -0.274. The van der Waals surface area contributed by atoms with Crippen LogP contribution in [-0.4, -0.2) is 43.3 Å². The van der Waals surface area contributed by atoms with Gasteiger partial charge in [-0.25, -0.2) is 0 Å². The molecule has 116 valence electrons. The molecule has 21 heavy (non-hydrogen) atoms. The number of ether oxygens (including phenoxy) is 1. The van der Waals surface area contributed by atoms with Crippen molar-refractivity contribution in [3.8, 4) is 5.75 Å². The van der Waals surface area contributed by atoms with Crippen LogP contribution in [0.15, 0.2) is 24.3 Å². The van der Waals surface area contributed by atoms with E-state index in [9.17, 15) is 18.0 Å². The van der Waals surface area contributed by atoms with Crippen LogP contribution in [0.2, 0.25) is 0 Å². The summed E-state index contributed by atoms with van der Waals surface area (Å²) < 4.78 is 40.0. The van der Waals surface area contributed by atoms with Gasteiger partial charge in [-0.1, -0.05) is 0 Å². The van der Waals surface area contributed by atoms with Crippen LogP contribution in [0.5, 0.6) is 5.75 Å². The van der Waals surface area contributed by atoms with E-state index in [1.165, 1.54) is 12.1 Å². The summed E-state index contributed by atoms with van der Waals surface area (Å²) in [5.74, 6) is -0.501. The molecule has 1 amide bonds. The lowest BCUT2D eigenvalue weighted by Gasteiger charge is -2.32. The third kappa shape index (κ3) is 4.35. The first-order valence-corrected chi connectivity index (χ1v) is 6.71. The van der Waals surface area contributed by atoms with Crippen LogP contribution in [0, 0.1) is 0 Å². The van der Waals surface area contributed by atoms with Gasteiger partial charge in [-0.3, -0.25) is 4.79 Å². The average molecular weight is 302 g/mol. The van der Waals surface area contributed by atoms with Crippen molar-refractivity contribution in [2.45, 2.75) is 25.2 Å². The van der Waals surface area contributed by atoms with Crippen LogP contribution >= 0.6 is 0 Å². The number of carbonyl (C=O) groups is 1. The molecular weight excluding hydrogens is 285 g/mol. The van der Waals surface area contributed by atoms with Gasteiger partial charge in [0.05, 0.1) is 0 Å². The maximum absolute atomic E-state index is 12.3. The Labute approximate surface area is 120 Å². The Morgan fingerprint density at radius 2 is 2.00 bits per heavy atom. The topological polar surface area (TPSA) is 41.6 Å². The molecule has 1 aromatic rings. The first-order valence-electron chi connectivity index (χ1n) is 6.71. The van der Waals surface area contributed by atoms with Crippen LogP contribution in [0.4, 0.5) is 13.2 Å². The molecule has 0 bridgehead atoms. The van der Waals surface area contributed by atoms with E-state index in [1.54, 1.807) is 4.90 Å². The summed E-state index contributed by atoms with van der Waals surface area (Å²) in [4.78, 5) is 14.0. The number of halogens is 3. The second-order valence-electron chi connectivity index (χ2n) is 4.95. The smallest absolute Gasteiger partial charge is 0.406 e. The highest BCUT2D eigenvalue weighted by atomic mass is 19.4. The van der Waals surface area contributed by atoms with Gasteiger partial charge in [0.15, 0.2) is 0 Å². The number of carbonyl (C=O) groups excluding carboxylic acids is 1. The number of likely N-dealkylation sites (tertiary alicyclic amines) is 1. The van der Waals surface area contributed by atoms with Gasteiger partial charge in [-0.05, 0) is 44.2 Å². The summed E-state index contributed by atoms with van der Waals surface area (Å²) in [6.07, 6.45) is -2.80. The van der Waals surface area contributed by atoms with Crippen molar-refractivity contribution in [3.63, 3.8) is 0 Å².